The van der Waals surface area contributed by atoms with Gasteiger partial charge in [0.15, 0.2) is 5.78 Å². The van der Waals surface area contributed by atoms with Crippen molar-refractivity contribution in [1.82, 2.24) is 0 Å². The maximum atomic E-state index is 11.5. The van der Waals surface area contributed by atoms with Gasteiger partial charge < -0.3 is 0 Å². The number of carbonyl (C=O) groups excluding carboxylic acids is 1. The lowest BCUT2D eigenvalue weighted by Crippen LogP contribution is -2.04. The Morgan fingerprint density at radius 1 is 1.50 bits per heavy atom. The maximum Gasteiger partial charge on any atom is 0.173 e. The van der Waals surface area contributed by atoms with Crippen molar-refractivity contribution in [1.29, 1.82) is 5.26 Å². The molecule has 14 heavy (non-hydrogen) atoms. The molecule has 0 N–H and O–H groups in total. The minimum absolute atomic E-state index is 0.0164. The molecule has 1 rings (SSSR count). The number of ketones is 1. The second-order valence-electron chi connectivity index (χ2n) is 3.13. The monoisotopic (exact) mass is 251 g/mol. The predicted octanol–water partition coefficient (Wildman–Crippen LogP) is 2.75. The van der Waals surface area contributed by atoms with Crippen LogP contribution in [0.15, 0.2) is 12.1 Å². The molecule has 0 spiro atoms. The zero-order valence-electron chi connectivity index (χ0n) is 8.10. The van der Waals surface area contributed by atoms with E-state index in [1.807, 2.05) is 19.9 Å². The van der Waals surface area contributed by atoms with Crippen molar-refractivity contribution in [2.75, 3.05) is 5.33 Å². The molecule has 0 aromatic heterocycles. The van der Waals surface area contributed by atoms with Crippen molar-refractivity contribution in [2.45, 2.75) is 13.8 Å². The third kappa shape index (κ3) is 2.02. The summed E-state index contributed by atoms with van der Waals surface area (Å²) >= 11 is 3.12. The first-order chi connectivity index (χ1) is 6.60. The van der Waals surface area contributed by atoms with E-state index < -0.39 is 0 Å². The van der Waals surface area contributed by atoms with Crippen molar-refractivity contribution < 1.29 is 4.79 Å². The Balaban J connectivity index is 3.36. The molecule has 72 valence electrons. The summed E-state index contributed by atoms with van der Waals surface area (Å²) < 4.78 is 0. The summed E-state index contributed by atoms with van der Waals surface area (Å²) in [6.45, 7) is 3.80. The van der Waals surface area contributed by atoms with E-state index in [9.17, 15) is 4.79 Å². The summed E-state index contributed by atoms with van der Waals surface area (Å²) in [5.74, 6) is 0.0164. The van der Waals surface area contributed by atoms with Gasteiger partial charge in [0, 0.05) is 5.56 Å². The molecule has 1 aromatic carbocycles. The van der Waals surface area contributed by atoms with E-state index in [1.54, 1.807) is 12.1 Å². The van der Waals surface area contributed by atoms with Gasteiger partial charge >= 0.3 is 0 Å². The van der Waals surface area contributed by atoms with Crippen molar-refractivity contribution >= 4 is 21.7 Å². The molecule has 0 radical (unpaired) electrons. The topological polar surface area (TPSA) is 40.9 Å². The standard InChI is InChI=1S/C11H10BrNO/c1-7-3-9(6-13)4-10(8(7)2)11(14)5-12/h3-4H,5H2,1-2H3. The van der Waals surface area contributed by atoms with E-state index in [2.05, 4.69) is 15.9 Å². The minimum Gasteiger partial charge on any atom is -0.293 e. The molecule has 0 fully saturated rings. The van der Waals surface area contributed by atoms with Crippen LogP contribution in [0.1, 0.15) is 27.0 Å². The minimum atomic E-state index is 0.0164. The van der Waals surface area contributed by atoms with E-state index in [4.69, 9.17) is 5.26 Å². The normalized spacial score (nSPS) is 9.57. The highest BCUT2D eigenvalue weighted by atomic mass is 79.9. The summed E-state index contributed by atoms with van der Waals surface area (Å²) in [7, 11) is 0. The largest absolute Gasteiger partial charge is 0.293 e. The molecule has 3 heteroatoms. The first kappa shape index (κ1) is 10.9. The van der Waals surface area contributed by atoms with Crippen LogP contribution in [-0.2, 0) is 0 Å². The summed E-state index contributed by atoms with van der Waals surface area (Å²) in [5.41, 5.74) is 3.11. The maximum absolute atomic E-state index is 11.5. The van der Waals surface area contributed by atoms with Crippen LogP contribution >= 0.6 is 15.9 Å². The van der Waals surface area contributed by atoms with Gasteiger partial charge in [0.1, 0.15) is 0 Å². The molecule has 0 atom stereocenters. The number of aryl methyl sites for hydroxylation is 1. The van der Waals surface area contributed by atoms with E-state index in [1.165, 1.54) is 0 Å². The highest BCUT2D eigenvalue weighted by Gasteiger charge is 2.10. The van der Waals surface area contributed by atoms with Crippen LogP contribution in [0.25, 0.3) is 0 Å². The SMILES string of the molecule is Cc1cc(C#N)cc(C(=O)CBr)c1C. The lowest BCUT2D eigenvalue weighted by Gasteiger charge is -2.06. The van der Waals surface area contributed by atoms with Crippen molar-refractivity contribution in [3.8, 4) is 6.07 Å². The van der Waals surface area contributed by atoms with Crippen LogP contribution in [-0.4, -0.2) is 11.1 Å². The summed E-state index contributed by atoms with van der Waals surface area (Å²) in [5, 5.41) is 9.05. The number of Topliss-reactive ketones (excluding diaryl/α,β-unsaturated/α-hetero) is 1. The molecule has 0 saturated heterocycles. The van der Waals surface area contributed by atoms with Gasteiger partial charge in [-0.15, -0.1) is 0 Å². The first-order valence-electron chi connectivity index (χ1n) is 4.20. The zero-order valence-corrected chi connectivity index (χ0v) is 9.68. The van der Waals surface area contributed by atoms with Gasteiger partial charge in [0.05, 0.1) is 17.0 Å². The van der Waals surface area contributed by atoms with Gasteiger partial charge in [-0.25, -0.2) is 0 Å². The fourth-order valence-electron chi connectivity index (χ4n) is 1.29. The Bertz CT molecular complexity index is 418. The van der Waals surface area contributed by atoms with Crippen LogP contribution in [0.2, 0.25) is 0 Å². The van der Waals surface area contributed by atoms with E-state index in [0.29, 0.717) is 16.5 Å². The first-order valence-corrected chi connectivity index (χ1v) is 5.32. The number of benzene rings is 1. The molecule has 0 aliphatic carbocycles. The molecule has 1 aromatic rings. The lowest BCUT2D eigenvalue weighted by atomic mass is 9.98. The second kappa shape index (κ2) is 4.39. The highest BCUT2D eigenvalue weighted by molar-refractivity contribution is 9.09. The summed E-state index contributed by atoms with van der Waals surface area (Å²) in [4.78, 5) is 11.5. The second-order valence-corrected chi connectivity index (χ2v) is 3.70. The Labute approximate surface area is 91.7 Å². The number of nitrogens with zero attached hydrogens (tertiary/aromatic N) is 1. The van der Waals surface area contributed by atoms with E-state index in [-0.39, 0.29) is 5.78 Å². The van der Waals surface area contributed by atoms with Crippen LogP contribution in [0.3, 0.4) is 0 Å². The van der Waals surface area contributed by atoms with Gasteiger partial charge in [0.25, 0.3) is 0 Å². The van der Waals surface area contributed by atoms with Gasteiger partial charge in [0.2, 0.25) is 0 Å². The fraction of sp³-hybridized carbons (Fsp3) is 0.273. The predicted molar refractivity (Wildman–Crippen MR) is 58.8 cm³/mol. The van der Waals surface area contributed by atoms with Gasteiger partial charge in [-0.2, -0.15) is 5.26 Å². The number of alkyl halides is 1. The molecule has 0 heterocycles. The summed E-state index contributed by atoms with van der Waals surface area (Å²) in [6, 6.07) is 5.48. The van der Waals surface area contributed by atoms with Crippen LogP contribution in [0.5, 0.6) is 0 Å². The van der Waals surface area contributed by atoms with Crippen LogP contribution in [0, 0.1) is 25.2 Å². The van der Waals surface area contributed by atoms with Crippen molar-refractivity contribution in [2.24, 2.45) is 0 Å². The Morgan fingerprint density at radius 3 is 2.64 bits per heavy atom. The molecular weight excluding hydrogens is 242 g/mol. The summed E-state index contributed by atoms with van der Waals surface area (Å²) in [6.07, 6.45) is 0. The average molecular weight is 252 g/mol. The van der Waals surface area contributed by atoms with Crippen LogP contribution in [0.4, 0.5) is 0 Å². The van der Waals surface area contributed by atoms with Crippen LogP contribution < -0.4 is 0 Å². The number of nitriles is 1. The molecule has 0 aliphatic rings. The quantitative estimate of drug-likeness (QED) is 0.599. The highest BCUT2D eigenvalue weighted by Crippen LogP contribution is 2.17. The molecule has 2 nitrogen and oxygen atoms in total. The Morgan fingerprint density at radius 2 is 2.14 bits per heavy atom. The molecule has 0 aliphatic heterocycles. The third-order valence-electron chi connectivity index (χ3n) is 2.22. The third-order valence-corrected chi connectivity index (χ3v) is 2.73. The molecule has 0 unspecified atom stereocenters. The fourth-order valence-corrected chi connectivity index (χ4v) is 1.59. The zero-order chi connectivity index (χ0) is 10.7. The smallest absolute Gasteiger partial charge is 0.173 e. The Hall–Kier alpha value is -1.14. The molecular formula is C11H10BrNO. The van der Waals surface area contributed by atoms with E-state index in [0.717, 1.165) is 11.1 Å². The number of rotatable bonds is 2. The van der Waals surface area contributed by atoms with Gasteiger partial charge in [-0.1, -0.05) is 15.9 Å². The van der Waals surface area contributed by atoms with Crippen molar-refractivity contribution in [3.63, 3.8) is 0 Å². The number of hydrogen-bond donors (Lipinski definition) is 0. The number of carbonyl (C=O) groups is 1. The Kier molecular flexibility index (Phi) is 3.43. The number of hydrogen-bond acceptors (Lipinski definition) is 2. The van der Waals surface area contributed by atoms with Crippen molar-refractivity contribution in [3.05, 3.63) is 34.4 Å². The number of halogens is 1. The lowest BCUT2D eigenvalue weighted by molar-refractivity contribution is 0.102. The van der Waals surface area contributed by atoms with E-state index >= 15 is 0 Å². The average Bonchev–Trinajstić information content (AvgIpc) is 2.20. The van der Waals surface area contributed by atoms with Gasteiger partial charge in [-0.3, -0.25) is 4.79 Å². The molecule has 0 amide bonds. The van der Waals surface area contributed by atoms with Gasteiger partial charge in [-0.05, 0) is 37.1 Å². The molecule has 0 saturated carbocycles. The molecule has 0 bridgehead atoms.